The van der Waals surface area contributed by atoms with Gasteiger partial charge in [-0.25, -0.2) is 18.2 Å². The summed E-state index contributed by atoms with van der Waals surface area (Å²) < 4.78 is 29.2. The molecular weight excluding hydrogens is 476 g/mol. The molecule has 1 N–H and O–H groups in total. The number of H-pyrrole nitrogens is 1. The lowest BCUT2D eigenvalue weighted by atomic mass is 10.1. The average molecular weight is 501 g/mol. The molecule has 1 amide bonds. The summed E-state index contributed by atoms with van der Waals surface area (Å²) in [5, 5.41) is 9.10. The van der Waals surface area contributed by atoms with Crippen molar-refractivity contribution in [1.82, 2.24) is 20.1 Å². The molecule has 5 rings (SSSR count). The molecule has 178 valence electrons. The van der Waals surface area contributed by atoms with Gasteiger partial charge in [0, 0.05) is 22.4 Å². The second-order valence-electron chi connectivity index (χ2n) is 8.63. The van der Waals surface area contributed by atoms with Crippen LogP contribution < -0.4 is 0 Å². The van der Waals surface area contributed by atoms with Crippen LogP contribution in [0.3, 0.4) is 0 Å². The predicted molar refractivity (Wildman–Crippen MR) is 126 cm³/mol. The van der Waals surface area contributed by atoms with Gasteiger partial charge in [0.1, 0.15) is 5.82 Å². The van der Waals surface area contributed by atoms with Gasteiger partial charge in [0.15, 0.2) is 22.3 Å². The molecule has 1 aromatic carbocycles. The van der Waals surface area contributed by atoms with E-state index in [1.807, 2.05) is 17.5 Å². The Morgan fingerprint density at radius 3 is 2.59 bits per heavy atom. The van der Waals surface area contributed by atoms with E-state index in [0.717, 1.165) is 29.1 Å². The first-order valence-corrected chi connectivity index (χ1v) is 13.8. The van der Waals surface area contributed by atoms with Crippen LogP contribution in [0.25, 0.3) is 11.4 Å². The number of aromatic amines is 1. The normalized spacial score (nSPS) is 19.1. The maximum Gasteiger partial charge on any atom is 0.338 e. The quantitative estimate of drug-likeness (QED) is 0.472. The Morgan fingerprint density at radius 2 is 1.94 bits per heavy atom. The number of carbonyl (C=O) groups excluding carboxylic acids is 2. The van der Waals surface area contributed by atoms with Crippen molar-refractivity contribution in [3.05, 3.63) is 58.0 Å². The number of esters is 1. The van der Waals surface area contributed by atoms with Crippen molar-refractivity contribution >= 4 is 33.1 Å². The van der Waals surface area contributed by atoms with Gasteiger partial charge in [0.05, 0.1) is 23.6 Å². The van der Waals surface area contributed by atoms with Gasteiger partial charge < -0.3 is 9.64 Å². The third-order valence-electron chi connectivity index (χ3n) is 6.05. The van der Waals surface area contributed by atoms with Crippen LogP contribution in [0.1, 0.15) is 46.2 Å². The van der Waals surface area contributed by atoms with Crippen molar-refractivity contribution in [2.45, 2.75) is 37.8 Å². The Morgan fingerprint density at radius 1 is 1.15 bits per heavy atom. The summed E-state index contributed by atoms with van der Waals surface area (Å²) in [6.07, 6.45) is 2.64. The minimum atomic E-state index is -3.16. The highest BCUT2D eigenvalue weighted by atomic mass is 32.2. The van der Waals surface area contributed by atoms with Crippen LogP contribution in [-0.2, 0) is 25.9 Å². The van der Waals surface area contributed by atoms with Gasteiger partial charge in [-0.2, -0.15) is 5.10 Å². The molecule has 2 fully saturated rings. The third kappa shape index (κ3) is 5.20. The number of carbonyl (C=O) groups is 2. The number of nitrogens with one attached hydrogen (secondary N) is 1. The van der Waals surface area contributed by atoms with E-state index in [2.05, 4.69) is 15.2 Å². The molecule has 3 aromatic rings. The Kier molecular flexibility index (Phi) is 6.22. The number of rotatable bonds is 8. The van der Waals surface area contributed by atoms with Gasteiger partial charge in [-0.15, -0.1) is 11.3 Å². The number of sulfone groups is 1. The summed E-state index contributed by atoms with van der Waals surface area (Å²) >= 11 is 1.49. The molecule has 34 heavy (non-hydrogen) atoms. The van der Waals surface area contributed by atoms with Crippen molar-refractivity contribution < 1.29 is 22.7 Å². The maximum atomic E-state index is 12.9. The largest absolute Gasteiger partial charge is 0.452 e. The second-order valence-corrected chi connectivity index (χ2v) is 11.9. The van der Waals surface area contributed by atoms with Crippen LogP contribution in [-0.4, -0.2) is 64.5 Å². The zero-order chi connectivity index (χ0) is 23.7. The fraction of sp³-hybridized carbons (Fsp3) is 0.391. The minimum Gasteiger partial charge on any atom is -0.452 e. The summed E-state index contributed by atoms with van der Waals surface area (Å²) in [4.78, 5) is 32.4. The number of thiophene rings is 1. The maximum absolute atomic E-state index is 12.9. The number of benzene rings is 1. The highest BCUT2D eigenvalue weighted by Crippen LogP contribution is 2.38. The first kappa shape index (κ1) is 22.7. The molecule has 9 nitrogen and oxygen atoms in total. The van der Waals surface area contributed by atoms with Crippen LogP contribution in [0.4, 0.5) is 0 Å². The molecule has 1 saturated carbocycles. The number of ether oxygens (including phenoxy) is 1. The zero-order valence-electron chi connectivity index (χ0n) is 18.3. The van der Waals surface area contributed by atoms with E-state index >= 15 is 0 Å². The van der Waals surface area contributed by atoms with Crippen molar-refractivity contribution in [3.63, 3.8) is 0 Å². The summed E-state index contributed by atoms with van der Waals surface area (Å²) in [5.41, 5.74) is 1.09. The van der Waals surface area contributed by atoms with Crippen LogP contribution in [0.2, 0.25) is 0 Å². The van der Waals surface area contributed by atoms with E-state index in [4.69, 9.17) is 4.74 Å². The molecule has 1 aliphatic heterocycles. The van der Waals surface area contributed by atoms with Gasteiger partial charge in [-0.05, 0) is 42.8 Å². The average Bonchev–Trinajstić information content (AvgIpc) is 3.20. The molecule has 0 spiro atoms. The molecule has 0 bridgehead atoms. The second kappa shape index (κ2) is 9.30. The Balaban J connectivity index is 1.21. The van der Waals surface area contributed by atoms with E-state index in [1.54, 1.807) is 24.3 Å². The lowest BCUT2D eigenvalue weighted by Crippen LogP contribution is -2.42. The molecule has 1 saturated heterocycles. The summed E-state index contributed by atoms with van der Waals surface area (Å²) in [6.45, 7) is -0.156. The lowest BCUT2D eigenvalue weighted by molar-refractivity contribution is -0.137. The molecule has 0 radical (unpaired) electrons. The predicted octanol–water partition coefficient (Wildman–Crippen LogP) is 2.78. The van der Waals surface area contributed by atoms with Gasteiger partial charge in [0.2, 0.25) is 0 Å². The topological polar surface area (TPSA) is 122 Å². The van der Waals surface area contributed by atoms with E-state index < -0.39 is 34.4 Å². The van der Waals surface area contributed by atoms with Gasteiger partial charge >= 0.3 is 5.97 Å². The minimum absolute atomic E-state index is 0.0605. The van der Waals surface area contributed by atoms with E-state index in [0.29, 0.717) is 30.3 Å². The van der Waals surface area contributed by atoms with Gasteiger partial charge in [-0.3, -0.25) is 9.89 Å². The standard InChI is InChI=1S/C23H24N4O5S2/c28-20(27(12-19-2-1-10-33-19)18-9-11-34(30,31)14-18)13-32-23(29)17-7-5-16(6-8-17)22-24-21(25-26-22)15-3-4-15/h1-2,5-8,10,15,18H,3-4,9,11-14H2,(H,24,25,26). The molecule has 1 atom stereocenters. The summed E-state index contributed by atoms with van der Waals surface area (Å²) in [7, 11) is -3.16. The summed E-state index contributed by atoms with van der Waals surface area (Å²) in [6, 6.07) is 10.1. The number of nitrogens with zero attached hydrogens (tertiary/aromatic N) is 3. The highest BCUT2D eigenvalue weighted by molar-refractivity contribution is 7.91. The third-order valence-corrected chi connectivity index (χ3v) is 8.66. The molecular formula is C23H24N4O5S2. The Bertz CT molecular complexity index is 1280. The van der Waals surface area contributed by atoms with Crippen LogP contribution in [0, 0.1) is 0 Å². The number of hydrogen-bond donors (Lipinski definition) is 1. The lowest BCUT2D eigenvalue weighted by Gasteiger charge is -2.27. The Labute approximate surface area is 201 Å². The van der Waals surface area contributed by atoms with Crippen molar-refractivity contribution in [2.24, 2.45) is 0 Å². The number of hydrogen-bond acceptors (Lipinski definition) is 8. The molecule has 3 heterocycles. The van der Waals surface area contributed by atoms with Crippen molar-refractivity contribution in [1.29, 1.82) is 0 Å². The smallest absolute Gasteiger partial charge is 0.338 e. The fourth-order valence-electron chi connectivity index (χ4n) is 4.00. The van der Waals surface area contributed by atoms with Crippen LogP contribution in [0.5, 0.6) is 0 Å². The molecule has 1 aliphatic carbocycles. The Hall–Kier alpha value is -3.05. The summed E-state index contributed by atoms with van der Waals surface area (Å²) in [5.74, 6) is 0.898. The first-order chi connectivity index (χ1) is 16.4. The number of amides is 1. The molecule has 1 unspecified atom stereocenters. The van der Waals surface area contributed by atoms with Crippen LogP contribution in [0.15, 0.2) is 41.8 Å². The van der Waals surface area contributed by atoms with E-state index in [-0.39, 0.29) is 11.5 Å². The van der Waals surface area contributed by atoms with Crippen molar-refractivity contribution in [3.8, 4) is 11.4 Å². The first-order valence-electron chi connectivity index (χ1n) is 11.1. The van der Waals surface area contributed by atoms with E-state index in [1.165, 1.54) is 16.2 Å². The van der Waals surface area contributed by atoms with Gasteiger partial charge in [0.25, 0.3) is 5.91 Å². The molecule has 11 heteroatoms. The fourth-order valence-corrected chi connectivity index (χ4v) is 6.44. The molecule has 2 aliphatic rings. The molecule has 2 aromatic heterocycles. The van der Waals surface area contributed by atoms with Gasteiger partial charge in [-0.1, -0.05) is 18.2 Å². The SMILES string of the molecule is O=C(OCC(=O)N(Cc1cccs1)C1CCS(=O)(=O)C1)c1ccc(-c2n[nH]c(C3CC3)n2)cc1. The zero-order valence-corrected chi connectivity index (χ0v) is 20.0. The monoisotopic (exact) mass is 500 g/mol. The van der Waals surface area contributed by atoms with Crippen molar-refractivity contribution in [2.75, 3.05) is 18.1 Å². The van der Waals surface area contributed by atoms with E-state index in [9.17, 15) is 18.0 Å². The highest BCUT2D eigenvalue weighted by Gasteiger charge is 2.35. The van der Waals surface area contributed by atoms with Crippen LogP contribution >= 0.6 is 11.3 Å². The number of aromatic nitrogens is 3.